The maximum atomic E-state index is 10.4. The Hall–Kier alpha value is -0.980. The van der Waals surface area contributed by atoms with E-state index in [0.29, 0.717) is 5.92 Å². The number of carboxylic acid groups (broad SMARTS) is 1. The Balaban J connectivity index is 1.72. The smallest absolute Gasteiger partial charge is 0.317 e. The number of likely N-dealkylation sites (tertiary alicyclic amines) is 1. The van der Waals surface area contributed by atoms with Crippen molar-refractivity contribution in [3.8, 4) is 0 Å². The maximum Gasteiger partial charge on any atom is 0.317 e. The molecule has 0 spiro atoms. The SMILES string of the molecule is O=C(O)CNCC1CCCN(Cc2cscn2)C1. The van der Waals surface area contributed by atoms with E-state index in [1.165, 1.54) is 12.8 Å². The summed E-state index contributed by atoms with van der Waals surface area (Å²) in [6.45, 7) is 3.92. The quantitative estimate of drug-likeness (QED) is 0.807. The number of nitrogens with one attached hydrogen (secondary N) is 1. The number of piperidine rings is 1. The van der Waals surface area contributed by atoms with Crippen molar-refractivity contribution >= 4 is 17.3 Å². The van der Waals surface area contributed by atoms with Gasteiger partial charge in [0.25, 0.3) is 0 Å². The Labute approximate surface area is 111 Å². The van der Waals surface area contributed by atoms with Crippen LogP contribution in [0.2, 0.25) is 0 Å². The molecule has 18 heavy (non-hydrogen) atoms. The molecule has 2 heterocycles. The second-order valence-corrected chi connectivity index (χ2v) is 5.47. The average Bonchev–Trinajstić information content (AvgIpc) is 2.82. The van der Waals surface area contributed by atoms with Crippen LogP contribution in [0.3, 0.4) is 0 Å². The van der Waals surface area contributed by atoms with E-state index in [4.69, 9.17) is 5.11 Å². The number of hydrogen-bond acceptors (Lipinski definition) is 5. The first-order valence-corrected chi connectivity index (χ1v) is 7.20. The molecule has 2 N–H and O–H groups in total. The molecule has 0 aromatic carbocycles. The number of thiazole rings is 1. The van der Waals surface area contributed by atoms with Crippen molar-refractivity contribution in [1.82, 2.24) is 15.2 Å². The van der Waals surface area contributed by atoms with Gasteiger partial charge in [0, 0.05) is 18.5 Å². The van der Waals surface area contributed by atoms with E-state index < -0.39 is 5.97 Å². The maximum absolute atomic E-state index is 10.4. The van der Waals surface area contributed by atoms with Gasteiger partial charge in [-0.3, -0.25) is 9.69 Å². The Morgan fingerprint density at radius 3 is 3.28 bits per heavy atom. The third-order valence-electron chi connectivity index (χ3n) is 3.18. The molecule has 0 amide bonds. The number of carboxylic acids is 1. The van der Waals surface area contributed by atoms with Crippen LogP contribution in [0.1, 0.15) is 18.5 Å². The van der Waals surface area contributed by atoms with Gasteiger partial charge < -0.3 is 10.4 Å². The first-order chi connectivity index (χ1) is 8.74. The summed E-state index contributed by atoms with van der Waals surface area (Å²) >= 11 is 1.63. The van der Waals surface area contributed by atoms with Gasteiger partial charge in [0.2, 0.25) is 0 Å². The molecule has 1 aromatic rings. The van der Waals surface area contributed by atoms with Crippen molar-refractivity contribution in [3.05, 3.63) is 16.6 Å². The van der Waals surface area contributed by atoms with Gasteiger partial charge >= 0.3 is 5.97 Å². The van der Waals surface area contributed by atoms with Gasteiger partial charge in [-0.05, 0) is 31.8 Å². The van der Waals surface area contributed by atoms with E-state index in [2.05, 4.69) is 20.6 Å². The van der Waals surface area contributed by atoms with Crippen molar-refractivity contribution in [1.29, 1.82) is 0 Å². The fourth-order valence-corrected chi connectivity index (χ4v) is 2.94. The Morgan fingerprint density at radius 1 is 1.67 bits per heavy atom. The molecule has 1 saturated heterocycles. The highest BCUT2D eigenvalue weighted by Crippen LogP contribution is 2.17. The summed E-state index contributed by atoms with van der Waals surface area (Å²) in [6, 6.07) is 0. The van der Waals surface area contributed by atoms with Crippen molar-refractivity contribution < 1.29 is 9.90 Å². The molecule has 100 valence electrons. The summed E-state index contributed by atoms with van der Waals surface area (Å²) in [7, 11) is 0. The van der Waals surface area contributed by atoms with E-state index in [0.717, 1.165) is 31.9 Å². The molecule has 1 fully saturated rings. The van der Waals surface area contributed by atoms with Gasteiger partial charge in [0.15, 0.2) is 0 Å². The Morgan fingerprint density at radius 2 is 2.56 bits per heavy atom. The molecule has 0 radical (unpaired) electrons. The monoisotopic (exact) mass is 269 g/mol. The lowest BCUT2D eigenvalue weighted by molar-refractivity contribution is -0.136. The number of rotatable bonds is 6. The normalized spacial score (nSPS) is 21.0. The van der Waals surface area contributed by atoms with Gasteiger partial charge in [-0.2, -0.15) is 0 Å². The molecule has 0 bridgehead atoms. The standard InChI is InChI=1S/C12H19N3O2S/c16-12(17)5-13-4-10-2-1-3-15(6-10)7-11-8-18-9-14-11/h8-10,13H,1-7H2,(H,16,17). The van der Waals surface area contributed by atoms with E-state index in [1.54, 1.807) is 11.3 Å². The summed E-state index contributed by atoms with van der Waals surface area (Å²) in [4.78, 5) is 17.1. The highest BCUT2D eigenvalue weighted by Gasteiger charge is 2.20. The lowest BCUT2D eigenvalue weighted by Gasteiger charge is -2.32. The van der Waals surface area contributed by atoms with Crippen LogP contribution >= 0.6 is 11.3 Å². The predicted molar refractivity (Wildman–Crippen MR) is 70.6 cm³/mol. The molecule has 1 aliphatic rings. The van der Waals surface area contributed by atoms with Crippen molar-refractivity contribution in [2.24, 2.45) is 5.92 Å². The fourth-order valence-electron chi connectivity index (χ4n) is 2.39. The number of carbonyl (C=O) groups is 1. The zero-order valence-corrected chi connectivity index (χ0v) is 11.2. The minimum Gasteiger partial charge on any atom is -0.480 e. The average molecular weight is 269 g/mol. The summed E-state index contributed by atoms with van der Waals surface area (Å²) in [5, 5.41) is 13.7. The number of nitrogens with zero attached hydrogens (tertiary/aromatic N) is 2. The molecule has 6 heteroatoms. The first kappa shape index (κ1) is 13.5. The summed E-state index contributed by atoms with van der Waals surface area (Å²) in [6.07, 6.45) is 2.36. The zero-order chi connectivity index (χ0) is 12.8. The third kappa shape index (κ3) is 4.36. The van der Waals surface area contributed by atoms with Gasteiger partial charge in [-0.1, -0.05) is 0 Å². The Kier molecular flexibility index (Phi) is 5.10. The second kappa shape index (κ2) is 6.82. The van der Waals surface area contributed by atoms with Crippen molar-refractivity contribution in [2.75, 3.05) is 26.2 Å². The molecule has 1 aromatic heterocycles. The summed E-state index contributed by atoms with van der Waals surface area (Å²) < 4.78 is 0. The predicted octanol–water partition coefficient (Wildman–Crippen LogP) is 1.03. The lowest BCUT2D eigenvalue weighted by atomic mass is 9.98. The molecule has 0 saturated carbocycles. The van der Waals surface area contributed by atoms with Gasteiger partial charge in [0.1, 0.15) is 0 Å². The second-order valence-electron chi connectivity index (χ2n) is 4.75. The summed E-state index contributed by atoms with van der Waals surface area (Å²) in [5.41, 5.74) is 3.00. The van der Waals surface area contributed by atoms with Crippen LogP contribution in [-0.2, 0) is 11.3 Å². The van der Waals surface area contributed by atoms with Gasteiger partial charge in [0.05, 0.1) is 17.7 Å². The lowest BCUT2D eigenvalue weighted by Crippen LogP contribution is -2.40. The number of aliphatic carboxylic acids is 1. The molecule has 1 aliphatic heterocycles. The van der Waals surface area contributed by atoms with Crippen LogP contribution in [0.15, 0.2) is 10.9 Å². The van der Waals surface area contributed by atoms with Crippen LogP contribution in [0, 0.1) is 5.92 Å². The molecule has 2 rings (SSSR count). The highest BCUT2D eigenvalue weighted by atomic mass is 32.1. The van der Waals surface area contributed by atoms with Crippen LogP contribution < -0.4 is 5.32 Å². The molecule has 5 nitrogen and oxygen atoms in total. The van der Waals surface area contributed by atoms with Crippen LogP contribution in [0.25, 0.3) is 0 Å². The van der Waals surface area contributed by atoms with Gasteiger partial charge in [-0.15, -0.1) is 11.3 Å². The van der Waals surface area contributed by atoms with Crippen LogP contribution in [0.5, 0.6) is 0 Å². The molecular formula is C12H19N3O2S. The zero-order valence-electron chi connectivity index (χ0n) is 10.3. The molecular weight excluding hydrogens is 250 g/mol. The largest absolute Gasteiger partial charge is 0.480 e. The van der Waals surface area contributed by atoms with E-state index >= 15 is 0 Å². The topological polar surface area (TPSA) is 65.5 Å². The van der Waals surface area contributed by atoms with E-state index in [-0.39, 0.29) is 6.54 Å². The minimum atomic E-state index is -0.787. The molecule has 1 atom stereocenters. The van der Waals surface area contributed by atoms with E-state index in [9.17, 15) is 4.79 Å². The van der Waals surface area contributed by atoms with Crippen LogP contribution in [-0.4, -0.2) is 47.1 Å². The molecule has 0 aliphatic carbocycles. The van der Waals surface area contributed by atoms with E-state index in [1.807, 2.05) is 5.51 Å². The molecule has 1 unspecified atom stereocenters. The first-order valence-electron chi connectivity index (χ1n) is 6.26. The van der Waals surface area contributed by atoms with Crippen LogP contribution in [0.4, 0.5) is 0 Å². The number of aromatic nitrogens is 1. The highest BCUT2D eigenvalue weighted by molar-refractivity contribution is 7.07. The van der Waals surface area contributed by atoms with Gasteiger partial charge in [-0.25, -0.2) is 4.98 Å². The summed E-state index contributed by atoms with van der Waals surface area (Å²) in [5.74, 6) is -0.234. The minimum absolute atomic E-state index is 0.0581. The Bertz CT molecular complexity index is 369. The number of hydrogen-bond donors (Lipinski definition) is 2. The van der Waals surface area contributed by atoms with Crippen molar-refractivity contribution in [2.45, 2.75) is 19.4 Å². The fraction of sp³-hybridized carbons (Fsp3) is 0.667. The van der Waals surface area contributed by atoms with Crippen molar-refractivity contribution in [3.63, 3.8) is 0 Å². The third-order valence-corrected chi connectivity index (χ3v) is 3.82.